The van der Waals surface area contributed by atoms with E-state index in [9.17, 15) is 4.39 Å². The predicted molar refractivity (Wildman–Crippen MR) is 87.1 cm³/mol. The molecule has 1 aliphatic rings. The van der Waals surface area contributed by atoms with Crippen LogP contribution in [0, 0.1) is 5.82 Å². The molecule has 0 unspecified atom stereocenters. The Bertz CT molecular complexity index is 619. The predicted octanol–water partition coefficient (Wildman–Crippen LogP) is 2.93. The van der Waals surface area contributed by atoms with Gasteiger partial charge >= 0.3 is 0 Å². The summed E-state index contributed by atoms with van der Waals surface area (Å²) in [5, 5.41) is 4.62. The molecule has 1 fully saturated rings. The fraction of sp³-hybridized carbons (Fsp3) is 0.471. The van der Waals surface area contributed by atoms with Crippen molar-refractivity contribution in [3.8, 4) is 5.69 Å². The summed E-state index contributed by atoms with van der Waals surface area (Å²) in [7, 11) is 0. The van der Waals surface area contributed by atoms with E-state index in [-0.39, 0.29) is 11.4 Å². The van der Waals surface area contributed by atoms with Crippen molar-refractivity contribution in [3.05, 3.63) is 42.3 Å². The number of nitrogens with zero attached hydrogens (tertiary/aromatic N) is 4. The van der Waals surface area contributed by atoms with Crippen molar-refractivity contribution in [2.24, 2.45) is 0 Å². The summed E-state index contributed by atoms with van der Waals surface area (Å²) in [4.78, 5) is 4.81. The van der Waals surface area contributed by atoms with Gasteiger partial charge in [0.05, 0.1) is 5.69 Å². The minimum atomic E-state index is -0.227. The first-order valence-electron chi connectivity index (χ1n) is 7.75. The number of halogens is 1. The number of aromatic nitrogens is 2. The Morgan fingerprint density at radius 1 is 0.955 bits per heavy atom. The topological polar surface area (TPSA) is 24.3 Å². The number of benzene rings is 1. The fourth-order valence-corrected chi connectivity index (χ4v) is 2.83. The highest BCUT2D eigenvalue weighted by Crippen LogP contribution is 2.20. The maximum absolute atomic E-state index is 13.0. The summed E-state index contributed by atoms with van der Waals surface area (Å²) in [6.45, 7) is 10.8. The molecule has 5 heteroatoms. The molecular weight excluding hydrogens is 279 g/mol. The molecule has 0 N–H and O–H groups in total. The van der Waals surface area contributed by atoms with Gasteiger partial charge in [-0.3, -0.25) is 4.90 Å². The lowest BCUT2D eigenvalue weighted by Gasteiger charge is -2.42. The number of hydrogen-bond donors (Lipinski definition) is 0. The third kappa shape index (κ3) is 3.14. The van der Waals surface area contributed by atoms with Crippen molar-refractivity contribution in [1.29, 1.82) is 0 Å². The quantitative estimate of drug-likeness (QED) is 0.852. The number of rotatable bonds is 2. The monoisotopic (exact) mass is 302 g/mol. The van der Waals surface area contributed by atoms with Crippen molar-refractivity contribution in [2.75, 3.05) is 31.1 Å². The van der Waals surface area contributed by atoms with Gasteiger partial charge in [0.25, 0.3) is 0 Å². The molecule has 1 aromatic heterocycles. The van der Waals surface area contributed by atoms with E-state index in [1.807, 2.05) is 12.3 Å². The number of anilines is 1. The summed E-state index contributed by atoms with van der Waals surface area (Å²) >= 11 is 0. The zero-order valence-electron chi connectivity index (χ0n) is 13.5. The Balaban J connectivity index is 1.69. The molecule has 0 aliphatic carbocycles. The van der Waals surface area contributed by atoms with Gasteiger partial charge in [-0.2, -0.15) is 5.10 Å². The van der Waals surface area contributed by atoms with E-state index in [1.54, 1.807) is 16.8 Å². The zero-order chi connectivity index (χ0) is 15.7. The SMILES string of the molecule is CC(C)(C)N1CCN(c2ccn(-c3ccc(F)cc3)n2)CC1. The fourth-order valence-electron chi connectivity index (χ4n) is 2.83. The molecule has 1 aliphatic heterocycles. The minimum Gasteiger partial charge on any atom is -0.353 e. The summed E-state index contributed by atoms with van der Waals surface area (Å²) in [6, 6.07) is 8.42. The highest BCUT2D eigenvalue weighted by Gasteiger charge is 2.26. The van der Waals surface area contributed by atoms with Crippen LogP contribution in [0.25, 0.3) is 5.69 Å². The Morgan fingerprint density at radius 2 is 1.59 bits per heavy atom. The van der Waals surface area contributed by atoms with E-state index in [4.69, 9.17) is 0 Å². The van der Waals surface area contributed by atoms with Crippen LogP contribution in [0.3, 0.4) is 0 Å². The second-order valence-electron chi connectivity index (χ2n) is 6.74. The van der Waals surface area contributed by atoms with Gasteiger partial charge in [0.15, 0.2) is 5.82 Å². The molecule has 2 heterocycles. The van der Waals surface area contributed by atoms with Crippen LogP contribution in [0.4, 0.5) is 10.2 Å². The lowest BCUT2D eigenvalue weighted by molar-refractivity contribution is 0.128. The third-order valence-corrected chi connectivity index (χ3v) is 4.22. The molecule has 1 aromatic carbocycles. The van der Waals surface area contributed by atoms with Crippen molar-refractivity contribution in [2.45, 2.75) is 26.3 Å². The van der Waals surface area contributed by atoms with Crippen molar-refractivity contribution in [3.63, 3.8) is 0 Å². The van der Waals surface area contributed by atoms with Crippen LogP contribution in [0.15, 0.2) is 36.5 Å². The van der Waals surface area contributed by atoms with E-state index >= 15 is 0 Å². The normalized spacial score (nSPS) is 17.0. The molecule has 0 atom stereocenters. The Labute approximate surface area is 131 Å². The van der Waals surface area contributed by atoms with Crippen molar-refractivity contribution in [1.82, 2.24) is 14.7 Å². The minimum absolute atomic E-state index is 0.222. The maximum atomic E-state index is 13.0. The van der Waals surface area contributed by atoms with Gasteiger partial charge in [0.2, 0.25) is 0 Å². The second-order valence-corrected chi connectivity index (χ2v) is 6.74. The van der Waals surface area contributed by atoms with Crippen LogP contribution < -0.4 is 4.90 Å². The first-order valence-corrected chi connectivity index (χ1v) is 7.75. The number of piperazine rings is 1. The van der Waals surface area contributed by atoms with Crippen LogP contribution in [0.1, 0.15) is 20.8 Å². The molecule has 2 aromatic rings. The Morgan fingerprint density at radius 3 is 2.18 bits per heavy atom. The first-order chi connectivity index (χ1) is 10.4. The highest BCUT2D eigenvalue weighted by atomic mass is 19.1. The largest absolute Gasteiger partial charge is 0.353 e. The Kier molecular flexibility index (Phi) is 3.91. The average molecular weight is 302 g/mol. The van der Waals surface area contributed by atoms with Crippen LogP contribution in [-0.4, -0.2) is 46.4 Å². The molecule has 4 nitrogen and oxygen atoms in total. The van der Waals surface area contributed by atoms with Gasteiger partial charge in [0.1, 0.15) is 5.82 Å². The van der Waals surface area contributed by atoms with Crippen molar-refractivity contribution >= 4 is 5.82 Å². The van der Waals surface area contributed by atoms with Crippen molar-refractivity contribution < 1.29 is 4.39 Å². The van der Waals surface area contributed by atoms with Crippen LogP contribution >= 0.6 is 0 Å². The lowest BCUT2D eigenvalue weighted by atomic mass is 10.1. The standard InChI is InChI=1S/C17H23FN4/c1-17(2,3)21-12-10-20(11-13-21)16-8-9-22(19-16)15-6-4-14(18)5-7-15/h4-9H,10-13H2,1-3H3. The average Bonchev–Trinajstić information content (AvgIpc) is 2.97. The summed E-state index contributed by atoms with van der Waals surface area (Å²) in [6.07, 6.45) is 1.93. The molecule has 1 saturated heterocycles. The molecule has 0 saturated carbocycles. The molecule has 22 heavy (non-hydrogen) atoms. The lowest BCUT2D eigenvalue weighted by Crippen LogP contribution is -2.53. The van der Waals surface area contributed by atoms with Crippen LogP contribution in [0.2, 0.25) is 0 Å². The van der Waals surface area contributed by atoms with E-state index in [1.165, 1.54) is 12.1 Å². The van der Waals surface area contributed by atoms with Gasteiger partial charge in [-0.15, -0.1) is 0 Å². The molecule has 118 valence electrons. The highest BCUT2D eigenvalue weighted by molar-refractivity contribution is 5.41. The molecule has 0 spiro atoms. The van der Waals surface area contributed by atoms with Crippen LogP contribution in [-0.2, 0) is 0 Å². The second kappa shape index (κ2) is 5.72. The van der Waals surface area contributed by atoms with Gasteiger partial charge in [0, 0.05) is 44.0 Å². The first kappa shape index (κ1) is 15.0. The summed E-state index contributed by atoms with van der Waals surface area (Å²) in [5.41, 5.74) is 1.10. The molecular formula is C17H23FN4. The van der Waals surface area contributed by atoms with E-state index in [0.717, 1.165) is 37.7 Å². The van der Waals surface area contributed by atoms with Gasteiger partial charge in [-0.25, -0.2) is 9.07 Å². The third-order valence-electron chi connectivity index (χ3n) is 4.22. The zero-order valence-corrected chi connectivity index (χ0v) is 13.5. The Hall–Kier alpha value is -1.88. The summed E-state index contributed by atoms with van der Waals surface area (Å²) < 4.78 is 14.8. The summed E-state index contributed by atoms with van der Waals surface area (Å²) in [5.74, 6) is 0.757. The molecule has 0 radical (unpaired) electrons. The van der Waals surface area contributed by atoms with Gasteiger partial charge in [-0.1, -0.05) is 0 Å². The van der Waals surface area contributed by atoms with E-state index < -0.39 is 0 Å². The van der Waals surface area contributed by atoms with E-state index in [0.29, 0.717) is 0 Å². The van der Waals surface area contributed by atoms with Gasteiger partial charge in [-0.05, 0) is 45.0 Å². The molecule has 0 amide bonds. The van der Waals surface area contributed by atoms with Crippen LogP contribution in [0.5, 0.6) is 0 Å². The van der Waals surface area contributed by atoms with Gasteiger partial charge < -0.3 is 4.90 Å². The van der Waals surface area contributed by atoms with E-state index in [2.05, 4.69) is 35.7 Å². The smallest absolute Gasteiger partial charge is 0.151 e. The maximum Gasteiger partial charge on any atom is 0.151 e. The number of hydrogen-bond acceptors (Lipinski definition) is 3. The molecule has 0 bridgehead atoms. The molecule has 3 rings (SSSR count).